The summed E-state index contributed by atoms with van der Waals surface area (Å²) in [5.74, 6) is -0.314. The lowest BCUT2D eigenvalue weighted by Crippen LogP contribution is -2.35. The Kier molecular flexibility index (Phi) is 3.82. The normalized spacial score (nSPS) is 10.2. The van der Waals surface area contributed by atoms with Gasteiger partial charge in [0.25, 0.3) is 11.5 Å². The van der Waals surface area contributed by atoms with Gasteiger partial charge in [0.1, 0.15) is 5.56 Å². The maximum atomic E-state index is 11.8. The molecule has 0 fully saturated rings. The zero-order valence-corrected chi connectivity index (χ0v) is 10.1. The summed E-state index contributed by atoms with van der Waals surface area (Å²) in [6.07, 6.45) is 0.842. The first-order chi connectivity index (χ1) is 7.49. The molecule has 1 amide bonds. The van der Waals surface area contributed by atoms with Gasteiger partial charge in [-0.3, -0.25) is 9.59 Å². The predicted molar refractivity (Wildman–Crippen MR) is 61.6 cm³/mol. The van der Waals surface area contributed by atoms with Crippen LogP contribution >= 0.6 is 0 Å². The SMILES string of the molecule is CCCNC(=O)c1c(C)c(C)nn(C)c1=O. The van der Waals surface area contributed by atoms with Gasteiger partial charge in [0, 0.05) is 13.6 Å². The van der Waals surface area contributed by atoms with Crippen LogP contribution in [0.4, 0.5) is 0 Å². The van der Waals surface area contributed by atoms with Crippen molar-refractivity contribution in [3.63, 3.8) is 0 Å². The van der Waals surface area contributed by atoms with Gasteiger partial charge >= 0.3 is 0 Å². The average molecular weight is 223 g/mol. The van der Waals surface area contributed by atoms with Crippen LogP contribution in [0.2, 0.25) is 0 Å². The molecule has 5 heteroatoms. The molecule has 88 valence electrons. The predicted octanol–water partition coefficient (Wildman–Crippen LogP) is 0.537. The first kappa shape index (κ1) is 12.4. The quantitative estimate of drug-likeness (QED) is 0.813. The second kappa shape index (κ2) is 4.92. The molecule has 5 nitrogen and oxygen atoms in total. The molecule has 1 aromatic rings. The number of hydrogen-bond acceptors (Lipinski definition) is 3. The first-order valence-corrected chi connectivity index (χ1v) is 5.31. The highest BCUT2D eigenvalue weighted by Gasteiger charge is 2.16. The molecule has 0 aliphatic heterocycles. The van der Waals surface area contributed by atoms with Crippen LogP contribution in [0.15, 0.2) is 4.79 Å². The fourth-order valence-corrected chi connectivity index (χ4v) is 1.44. The molecule has 0 unspecified atom stereocenters. The molecule has 0 saturated heterocycles. The molecule has 1 rings (SSSR count). The van der Waals surface area contributed by atoms with Crippen LogP contribution in [0.25, 0.3) is 0 Å². The summed E-state index contributed by atoms with van der Waals surface area (Å²) in [7, 11) is 1.55. The van der Waals surface area contributed by atoms with Gasteiger partial charge in [-0.25, -0.2) is 4.68 Å². The number of rotatable bonds is 3. The van der Waals surface area contributed by atoms with Crippen LogP contribution in [0.1, 0.15) is 35.0 Å². The molecule has 1 aromatic heterocycles. The zero-order chi connectivity index (χ0) is 12.3. The van der Waals surface area contributed by atoms with Crippen molar-refractivity contribution in [3.05, 3.63) is 27.2 Å². The topological polar surface area (TPSA) is 64.0 Å². The lowest BCUT2D eigenvalue weighted by molar-refractivity contribution is 0.0950. The molecule has 0 aromatic carbocycles. The van der Waals surface area contributed by atoms with Crippen molar-refractivity contribution in [1.29, 1.82) is 0 Å². The minimum Gasteiger partial charge on any atom is -0.352 e. The third-order valence-electron chi connectivity index (χ3n) is 2.49. The molecule has 16 heavy (non-hydrogen) atoms. The summed E-state index contributed by atoms with van der Waals surface area (Å²) in [5.41, 5.74) is 1.20. The van der Waals surface area contributed by atoms with Gasteiger partial charge in [-0.05, 0) is 25.8 Å². The molecule has 0 spiro atoms. The van der Waals surface area contributed by atoms with E-state index >= 15 is 0 Å². The van der Waals surface area contributed by atoms with Crippen LogP contribution < -0.4 is 10.9 Å². The Hall–Kier alpha value is -1.65. The Morgan fingerprint density at radius 3 is 2.62 bits per heavy atom. The number of nitrogens with one attached hydrogen (secondary N) is 1. The third kappa shape index (κ3) is 2.29. The fourth-order valence-electron chi connectivity index (χ4n) is 1.44. The average Bonchev–Trinajstić information content (AvgIpc) is 2.24. The third-order valence-corrected chi connectivity index (χ3v) is 2.49. The summed E-state index contributed by atoms with van der Waals surface area (Å²) in [5, 5.41) is 6.72. The number of hydrogen-bond donors (Lipinski definition) is 1. The second-order valence-electron chi connectivity index (χ2n) is 3.77. The van der Waals surface area contributed by atoms with Gasteiger partial charge in [0.15, 0.2) is 0 Å². The second-order valence-corrected chi connectivity index (χ2v) is 3.77. The maximum Gasteiger partial charge on any atom is 0.279 e. The summed E-state index contributed by atoms with van der Waals surface area (Å²) in [6.45, 7) is 6.06. The standard InChI is InChI=1S/C11H17N3O2/c1-5-6-12-10(15)9-7(2)8(3)13-14(4)11(9)16/h5-6H2,1-4H3,(H,12,15). The van der Waals surface area contributed by atoms with Crippen molar-refractivity contribution < 1.29 is 4.79 Å². The largest absolute Gasteiger partial charge is 0.352 e. The van der Waals surface area contributed by atoms with Crippen molar-refractivity contribution >= 4 is 5.91 Å². The van der Waals surface area contributed by atoms with E-state index in [4.69, 9.17) is 0 Å². The zero-order valence-electron chi connectivity index (χ0n) is 10.1. The van der Waals surface area contributed by atoms with Crippen LogP contribution in [0.5, 0.6) is 0 Å². The minimum absolute atomic E-state index is 0.198. The number of carbonyl (C=O) groups excluding carboxylic acids is 1. The van der Waals surface area contributed by atoms with Crippen molar-refractivity contribution in [3.8, 4) is 0 Å². The number of aromatic nitrogens is 2. The Morgan fingerprint density at radius 2 is 2.06 bits per heavy atom. The van der Waals surface area contributed by atoms with E-state index in [0.717, 1.165) is 6.42 Å². The van der Waals surface area contributed by atoms with Gasteiger partial charge in [-0.15, -0.1) is 0 Å². The Labute approximate surface area is 94.5 Å². The number of amides is 1. The minimum atomic E-state index is -0.350. The molecule has 0 aliphatic carbocycles. The van der Waals surface area contributed by atoms with Gasteiger partial charge in [0.2, 0.25) is 0 Å². The van der Waals surface area contributed by atoms with Crippen LogP contribution in [-0.4, -0.2) is 22.2 Å². The molecule has 0 radical (unpaired) electrons. The van der Waals surface area contributed by atoms with Crippen molar-refractivity contribution in [2.75, 3.05) is 6.54 Å². The summed E-state index contributed by atoms with van der Waals surface area (Å²) < 4.78 is 1.20. The highest BCUT2D eigenvalue weighted by atomic mass is 16.2. The van der Waals surface area contributed by atoms with E-state index in [-0.39, 0.29) is 17.0 Å². The van der Waals surface area contributed by atoms with E-state index in [1.807, 2.05) is 6.92 Å². The Balaban J connectivity index is 3.22. The summed E-state index contributed by atoms with van der Waals surface area (Å²) in [4.78, 5) is 23.6. The monoisotopic (exact) mass is 223 g/mol. The van der Waals surface area contributed by atoms with Gasteiger partial charge in [-0.1, -0.05) is 6.92 Å². The van der Waals surface area contributed by atoms with E-state index in [9.17, 15) is 9.59 Å². The summed E-state index contributed by atoms with van der Waals surface area (Å²) in [6, 6.07) is 0. The van der Waals surface area contributed by atoms with Gasteiger partial charge in [-0.2, -0.15) is 5.10 Å². The van der Waals surface area contributed by atoms with E-state index < -0.39 is 0 Å². The van der Waals surface area contributed by atoms with E-state index in [1.165, 1.54) is 4.68 Å². The highest BCUT2D eigenvalue weighted by Crippen LogP contribution is 2.05. The Morgan fingerprint density at radius 1 is 1.44 bits per heavy atom. The summed E-state index contributed by atoms with van der Waals surface area (Å²) >= 11 is 0. The molecule has 0 bridgehead atoms. The maximum absolute atomic E-state index is 11.8. The number of aryl methyl sites for hydroxylation is 2. The van der Waals surface area contributed by atoms with Crippen LogP contribution in [0, 0.1) is 13.8 Å². The molecular weight excluding hydrogens is 206 g/mol. The van der Waals surface area contributed by atoms with Crippen molar-refractivity contribution in [2.45, 2.75) is 27.2 Å². The molecular formula is C11H17N3O2. The van der Waals surface area contributed by atoms with Gasteiger partial charge in [0.05, 0.1) is 5.69 Å². The molecule has 1 heterocycles. The van der Waals surface area contributed by atoms with Gasteiger partial charge < -0.3 is 5.32 Å². The van der Waals surface area contributed by atoms with Crippen LogP contribution in [0.3, 0.4) is 0 Å². The fraction of sp³-hybridized carbons (Fsp3) is 0.545. The highest BCUT2D eigenvalue weighted by molar-refractivity contribution is 5.95. The van der Waals surface area contributed by atoms with Crippen LogP contribution in [-0.2, 0) is 7.05 Å². The lowest BCUT2D eigenvalue weighted by Gasteiger charge is -2.09. The van der Waals surface area contributed by atoms with Crippen molar-refractivity contribution in [1.82, 2.24) is 15.1 Å². The lowest BCUT2D eigenvalue weighted by atomic mass is 10.1. The van der Waals surface area contributed by atoms with E-state index in [0.29, 0.717) is 17.8 Å². The molecule has 1 N–H and O–H groups in total. The van der Waals surface area contributed by atoms with E-state index in [1.54, 1.807) is 20.9 Å². The molecule has 0 aliphatic rings. The number of nitrogens with zero attached hydrogens (tertiary/aromatic N) is 2. The number of carbonyl (C=O) groups is 1. The van der Waals surface area contributed by atoms with E-state index in [2.05, 4.69) is 10.4 Å². The molecule has 0 saturated carbocycles. The first-order valence-electron chi connectivity index (χ1n) is 5.31. The Bertz CT molecular complexity index is 463. The molecule has 0 atom stereocenters. The van der Waals surface area contributed by atoms with Crippen molar-refractivity contribution in [2.24, 2.45) is 7.05 Å². The smallest absolute Gasteiger partial charge is 0.279 e.